The Morgan fingerprint density at radius 1 is 1.39 bits per heavy atom. The third-order valence-corrected chi connectivity index (χ3v) is 3.31. The van der Waals surface area contributed by atoms with Gasteiger partial charge < -0.3 is 4.90 Å². The quantitative estimate of drug-likeness (QED) is 0.384. The van der Waals surface area contributed by atoms with Gasteiger partial charge in [-0.2, -0.15) is 12.6 Å². The van der Waals surface area contributed by atoms with Crippen LogP contribution in [0, 0.1) is 10.1 Å². The molecule has 1 aliphatic rings. The Kier molecular flexibility index (Phi) is 3.86. The number of nitrogens with zero attached hydrogens (tertiary/aromatic N) is 2. The number of fused-ring (bicyclic) bond motifs is 1. The maximum Gasteiger partial charge on any atom is 0.269 e. The summed E-state index contributed by atoms with van der Waals surface area (Å²) in [6.45, 7) is 0.657. The molecule has 0 fully saturated rings. The molecule has 6 heteroatoms. The lowest BCUT2D eigenvalue weighted by Gasteiger charge is -2.16. The van der Waals surface area contributed by atoms with Crippen molar-refractivity contribution in [2.75, 3.05) is 17.2 Å². The average Bonchev–Trinajstić information content (AvgIpc) is 2.65. The second-order valence-corrected chi connectivity index (χ2v) is 4.67. The van der Waals surface area contributed by atoms with E-state index in [1.165, 1.54) is 12.1 Å². The first-order valence-corrected chi connectivity index (χ1v) is 6.45. The Labute approximate surface area is 110 Å². The van der Waals surface area contributed by atoms with Crippen molar-refractivity contribution >= 4 is 29.9 Å². The summed E-state index contributed by atoms with van der Waals surface area (Å²) in [6.07, 6.45) is 2.11. The fourth-order valence-corrected chi connectivity index (χ4v) is 2.33. The summed E-state index contributed by atoms with van der Waals surface area (Å²) in [4.78, 5) is 23.8. The van der Waals surface area contributed by atoms with Gasteiger partial charge >= 0.3 is 0 Å². The van der Waals surface area contributed by atoms with Crippen molar-refractivity contribution < 1.29 is 9.72 Å². The largest absolute Gasteiger partial charge is 0.312 e. The third kappa shape index (κ3) is 2.48. The molecule has 96 valence electrons. The number of amides is 1. The third-order valence-electron chi connectivity index (χ3n) is 3.00. The van der Waals surface area contributed by atoms with Crippen LogP contribution in [0.5, 0.6) is 0 Å². The number of thiol groups is 1. The van der Waals surface area contributed by atoms with Gasteiger partial charge in [0.05, 0.1) is 11.3 Å². The molecule has 0 N–H and O–H groups in total. The van der Waals surface area contributed by atoms with E-state index in [0.717, 1.165) is 29.8 Å². The van der Waals surface area contributed by atoms with Crippen molar-refractivity contribution in [2.24, 2.45) is 0 Å². The fourth-order valence-electron chi connectivity index (χ4n) is 2.11. The minimum Gasteiger partial charge on any atom is -0.312 e. The van der Waals surface area contributed by atoms with Gasteiger partial charge in [0.2, 0.25) is 5.91 Å². The summed E-state index contributed by atoms with van der Waals surface area (Å²) >= 11 is 4.13. The maximum absolute atomic E-state index is 11.8. The number of unbranched alkanes of at least 4 members (excludes halogenated alkanes) is 1. The Hall–Kier alpha value is -1.56. The standard InChI is InChI=1S/C12H14N2O3S/c15-12-8-9-7-10(14(16)17)3-4-11(9)13(12)5-1-2-6-18/h3-4,7,18H,1-2,5-6,8H2. The number of nitro groups is 1. The molecule has 0 aromatic heterocycles. The number of anilines is 1. The lowest BCUT2D eigenvalue weighted by Crippen LogP contribution is -2.27. The SMILES string of the molecule is O=C1Cc2cc([N+](=O)[O-])ccc2N1CCCCS. The molecule has 1 heterocycles. The van der Waals surface area contributed by atoms with Crippen molar-refractivity contribution in [3.05, 3.63) is 33.9 Å². The maximum atomic E-state index is 11.8. The van der Waals surface area contributed by atoms with Gasteiger partial charge in [-0.1, -0.05) is 0 Å². The number of carbonyl (C=O) groups is 1. The van der Waals surface area contributed by atoms with Crippen LogP contribution in [-0.2, 0) is 11.2 Å². The van der Waals surface area contributed by atoms with Crippen molar-refractivity contribution in [3.63, 3.8) is 0 Å². The van der Waals surface area contributed by atoms with Crippen LogP contribution in [-0.4, -0.2) is 23.1 Å². The van der Waals surface area contributed by atoms with E-state index in [9.17, 15) is 14.9 Å². The Morgan fingerprint density at radius 2 is 2.17 bits per heavy atom. The van der Waals surface area contributed by atoms with Crippen LogP contribution in [0.4, 0.5) is 11.4 Å². The molecule has 0 saturated carbocycles. The van der Waals surface area contributed by atoms with Crippen LogP contribution in [0.15, 0.2) is 18.2 Å². The highest BCUT2D eigenvalue weighted by atomic mass is 32.1. The van der Waals surface area contributed by atoms with Gasteiger partial charge in [-0.3, -0.25) is 14.9 Å². The van der Waals surface area contributed by atoms with E-state index in [4.69, 9.17) is 0 Å². The number of non-ortho nitro benzene ring substituents is 1. The minimum atomic E-state index is -0.436. The molecular weight excluding hydrogens is 252 g/mol. The van der Waals surface area contributed by atoms with Crippen LogP contribution in [0.25, 0.3) is 0 Å². The van der Waals surface area contributed by atoms with Crippen molar-refractivity contribution in [1.82, 2.24) is 0 Å². The fraction of sp³-hybridized carbons (Fsp3) is 0.417. The molecule has 5 nitrogen and oxygen atoms in total. The molecule has 1 aliphatic heterocycles. The summed E-state index contributed by atoms with van der Waals surface area (Å²) in [7, 11) is 0. The van der Waals surface area contributed by atoms with Gasteiger partial charge in [0.1, 0.15) is 0 Å². The summed E-state index contributed by atoms with van der Waals surface area (Å²) in [5, 5.41) is 10.7. The monoisotopic (exact) mass is 266 g/mol. The average molecular weight is 266 g/mol. The van der Waals surface area contributed by atoms with Gasteiger partial charge in [0.15, 0.2) is 0 Å². The second kappa shape index (κ2) is 5.39. The number of carbonyl (C=O) groups excluding carboxylic acids is 1. The van der Waals surface area contributed by atoms with E-state index in [-0.39, 0.29) is 18.0 Å². The number of benzene rings is 1. The molecular formula is C12H14N2O3S. The summed E-state index contributed by atoms with van der Waals surface area (Å²) < 4.78 is 0. The lowest BCUT2D eigenvalue weighted by atomic mass is 10.1. The van der Waals surface area contributed by atoms with Crippen LogP contribution < -0.4 is 4.90 Å². The highest BCUT2D eigenvalue weighted by molar-refractivity contribution is 7.80. The van der Waals surface area contributed by atoms with Crippen LogP contribution in [0.1, 0.15) is 18.4 Å². The van der Waals surface area contributed by atoms with Crippen LogP contribution in [0.2, 0.25) is 0 Å². The molecule has 2 rings (SSSR count). The molecule has 1 amide bonds. The van der Waals surface area contributed by atoms with Gasteiger partial charge in [0, 0.05) is 24.4 Å². The molecule has 0 bridgehead atoms. The number of rotatable bonds is 5. The van der Waals surface area contributed by atoms with E-state index in [0.29, 0.717) is 6.54 Å². The van der Waals surface area contributed by atoms with E-state index in [2.05, 4.69) is 12.6 Å². The minimum absolute atomic E-state index is 0.0182. The van der Waals surface area contributed by atoms with Gasteiger partial charge in [0.25, 0.3) is 5.69 Å². The van der Waals surface area contributed by atoms with E-state index < -0.39 is 4.92 Å². The molecule has 0 atom stereocenters. The highest BCUT2D eigenvalue weighted by Crippen LogP contribution is 2.32. The van der Waals surface area contributed by atoms with E-state index in [1.54, 1.807) is 11.0 Å². The molecule has 0 unspecified atom stereocenters. The summed E-state index contributed by atoms with van der Waals surface area (Å²) in [5.41, 5.74) is 1.60. The van der Waals surface area contributed by atoms with Gasteiger partial charge in [-0.25, -0.2) is 0 Å². The van der Waals surface area contributed by atoms with E-state index in [1.807, 2.05) is 0 Å². The topological polar surface area (TPSA) is 63.4 Å². The number of hydrogen-bond acceptors (Lipinski definition) is 4. The Bertz CT molecular complexity index is 490. The van der Waals surface area contributed by atoms with Gasteiger partial charge in [-0.05, 0) is 30.2 Å². The number of hydrogen-bond donors (Lipinski definition) is 1. The molecule has 18 heavy (non-hydrogen) atoms. The lowest BCUT2D eigenvalue weighted by molar-refractivity contribution is -0.384. The Balaban J connectivity index is 2.18. The first-order chi connectivity index (χ1) is 8.63. The smallest absolute Gasteiger partial charge is 0.269 e. The number of nitro benzene ring substituents is 1. The zero-order chi connectivity index (χ0) is 13.1. The molecule has 0 saturated heterocycles. The second-order valence-electron chi connectivity index (χ2n) is 4.22. The van der Waals surface area contributed by atoms with Crippen LogP contribution >= 0.6 is 12.6 Å². The van der Waals surface area contributed by atoms with Gasteiger partial charge in [-0.15, -0.1) is 0 Å². The first-order valence-electron chi connectivity index (χ1n) is 5.82. The highest BCUT2D eigenvalue weighted by Gasteiger charge is 2.28. The normalized spacial score (nSPS) is 13.8. The zero-order valence-electron chi connectivity index (χ0n) is 9.83. The zero-order valence-corrected chi connectivity index (χ0v) is 10.7. The predicted octanol–water partition coefficient (Wildman–Crippen LogP) is 2.19. The summed E-state index contributed by atoms with van der Waals surface area (Å²) in [6, 6.07) is 4.61. The molecule has 0 spiro atoms. The molecule has 0 aliphatic carbocycles. The Morgan fingerprint density at radius 3 is 2.83 bits per heavy atom. The predicted molar refractivity (Wildman–Crippen MR) is 72.2 cm³/mol. The molecule has 1 aromatic rings. The van der Waals surface area contributed by atoms with Crippen molar-refractivity contribution in [3.8, 4) is 0 Å². The van der Waals surface area contributed by atoms with E-state index >= 15 is 0 Å². The first kappa shape index (κ1) is 12.9. The summed E-state index contributed by atoms with van der Waals surface area (Å²) in [5.74, 6) is 0.819. The van der Waals surface area contributed by atoms with Crippen molar-refractivity contribution in [1.29, 1.82) is 0 Å². The molecule has 1 aromatic carbocycles. The van der Waals surface area contributed by atoms with Crippen LogP contribution in [0.3, 0.4) is 0 Å². The molecule has 0 radical (unpaired) electrons. The van der Waals surface area contributed by atoms with Crippen molar-refractivity contribution in [2.45, 2.75) is 19.3 Å².